The van der Waals surface area contributed by atoms with E-state index in [0.29, 0.717) is 11.7 Å². The normalized spacial score (nSPS) is 27.2. The number of methoxy groups -OCH3 is 1. The number of phenolic OH excluding ortho intramolecular Hbond substituents is 2. The van der Waals surface area contributed by atoms with Crippen LogP contribution in [0.4, 0.5) is 0 Å². The van der Waals surface area contributed by atoms with E-state index in [1.54, 1.807) is 6.92 Å². The molecule has 45 heavy (non-hydrogen) atoms. The first kappa shape index (κ1) is 32.8. The molecule has 1 heterocycles. The zero-order valence-electron chi connectivity index (χ0n) is 25.5. The van der Waals surface area contributed by atoms with Crippen LogP contribution in [0.3, 0.4) is 0 Å². The molecule has 5 rings (SSSR count). The van der Waals surface area contributed by atoms with E-state index in [4.69, 9.17) is 26.4 Å². The van der Waals surface area contributed by atoms with Crippen LogP contribution in [0, 0.1) is 0 Å². The van der Waals surface area contributed by atoms with Gasteiger partial charge in [0.1, 0.15) is 29.0 Å². The number of aliphatic hydroxyl groups is 2. The lowest BCUT2D eigenvalue weighted by Crippen LogP contribution is -2.57. The number of benzene rings is 2. The maximum Gasteiger partial charge on any atom is 0.202 e. The minimum absolute atomic E-state index is 0.0178. The number of hydrogen-bond donors (Lipinski definition) is 6. The molecule has 6 atom stereocenters. The van der Waals surface area contributed by atoms with E-state index in [2.05, 4.69) is 17.6 Å². The van der Waals surface area contributed by atoms with Crippen LogP contribution in [0.5, 0.6) is 17.2 Å². The number of nitrogens with one attached hydrogen (secondary N) is 2. The second kappa shape index (κ2) is 12.6. The number of carbonyl (C=O) groups is 3. The Morgan fingerprint density at radius 3 is 2.53 bits per heavy atom. The smallest absolute Gasteiger partial charge is 0.202 e. The van der Waals surface area contributed by atoms with Gasteiger partial charge in [0.15, 0.2) is 23.0 Å². The molecule has 0 aromatic heterocycles. The summed E-state index contributed by atoms with van der Waals surface area (Å²) in [6, 6.07) is 3.86. The number of unbranched alkanes of at least 4 members (excludes halogenated alkanes) is 1. The van der Waals surface area contributed by atoms with E-state index in [1.807, 2.05) is 0 Å². The van der Waals surface area contributed by atoms with Crippen LogP contribution in [-0.2, 0) is 20.7 Å². The summed E-state index contributed by atoms with van der Waals surface area (Å²) in [5.41, 5.74) is -3.09. The molecule has 0 amide bonds. The van der Waals surface area contributed by atoms with Gasteiger partial charge in [-0.1, -0.05) is 25.5 Å². The minimum atomic E-state index is -2.03. The Morgan fingerprint density at radius 2 is 1.87 bits per heavy atom. The number of ketones is 3. The number of aromatic hydroxyl groups is 2. The molecule has 1 aliphatic heterocycles. The second-order valence-corrected chi connectivity index (χ2v) is 12.2. The molecule has 0 saturated carbocycles. The Hall–Kier alpha value is -3.62. The molecule has 242 valence electrons. The van der Waals surface area contributed by atoms with Crippen molar-refractivity contribution in [2.24, 2.45) is 0 Å². The molecule has 1 fully saturated rings. The maximum atomic E-state index is 13.8. The van der Waals surface area contributed by atoms with Crippen molar-refractivity contribution < 1.29 is 49.0 Å². The highest BCUT2D eigenvalue weighted by Crippen LogP contribution is 2.52. The molecule has 6 N–H and O–H groups in total. The topological polar surface area (TPSA) is 184 Å². The summed E-state index contributed by atoms with van der Waals surface area (Å²) in [6.45, 7) is 5.55. The van der Waals surface area contributed by atoms with Gasteiger partial charge in [-0.3, -0.25) is 14.4 Å². The third-order valence-electron chi connectivity index (χ3n) is 8.89. The van der Waals surface area contributed by atoms with Crippen LogP contribution in [-0.4, -0.2) is 86.7 Å². The van der Waals surface area contributed by atoms with Crippen molar-refractivity contribution in [3.8, 4) is 17.2 Å². The largest absolute Gasteiger partial charge is 0.507 e. The molecule has 2 aromatic rings. The summed E-state index contributed by atoms with van der Waals surface area (Å²) in [5, 5.41) is 51.9. The molecule has 3 aliphatic rings. The van der Waals surface area contributed by atoms with Crippen molar-refractivity contribution in [3.63, 3.8) is 0 Å². The third kappa shape index (κ3) is 5.79. The average molecular weight is 643 g/mol. The highest BCUT2D eigenvalue weighted by atomic mass is 32.1. The van der Waals surface area contributed by atoms with Gasteiger partial charge < -0.3 is 45.3 Å². The number of fused-ring (bicyclic) bond motifs is 3. The van der Waals surface area contributed by atoms with Crippen molar-refractivity contribution in [2.75, 3.05) is 13.7 Å². The van der Waals surface area contributed by atoms with Gasteiger partial charge in [-0.15, -0.1) is 0 Å². The molecule has 12 nitrogen and oxygen atoms in total. The second-order valence-electron chi connectivity index (χ2n) is 11.8. The minimum Gasteiger partial charge on any atom is -0.507 e. The van der Waals surface area contributed by atoms with Crippen molar-refractivity contribution >= 4 is 34.7 Å². The fourth-order valence-electron chi connectivity index (χ4n) is 6.37. The molecule has 2 aromatic carbocycles. The Morgan fingerprint density at radius 1 is 1.16 bits per heavy atom. The van der Waals surface area contributed by atoms with Crippen LogP contribution in [0.25, 0.3) is 0 Å². The van der Waals surface area contributed by atoms with Gasteiger partial charge in [-0.25, -0.2) is 0 Å². The lowest BCUT2D eigenvalue weighted by atomic mass is 9.72. The zero-order valence-corrected chi connectivity index (χ0v) is 26.3. The number of rotatable bonds is 8. The van der Waals surface area contributed by atoms with Crippen LogP contribution >= 0.6 is 12.2 Å². The fourth-order valence-corrected chi connectivity index (χ4v) is 6.62. The Labute approximate surface area is 265 Å². The Kier molecular flexibility index (Phi) is 9.20. The molecule has 0 spiro atoms. The van der Waals surface area contributed by atoms with E-state index < -0.39 is 82.6 Å². The summed E-state index contributed by atoms with van der Waals surface area (Å²) >= 11 is 5.39. The van der Waals surface area contributed by atoms with E-state index in [1.165, 1.54) is 32.2 Å². The first-order valence-corrected chi connectivity index (χ1v) is 15.4. The van der Waals surface area contributed by atoms with Crippen LogP contribution in [0.2, 0.25) is 0 Å². The molecule has 2 aliphatic carbocycles. The quantitative estimate of drug-likeness (QED) is 0.120. The lowest BCUT2D eigenvalue weighted by Gasteiger charge is -2.43. The molecule has 0 bridgehead atoms. The van der Waals surface area contributed by atoms with Gasteiger partial charge >= 0.3 is 0 Å². The standard InChI is InChI=1S/C32H38N2O10S/c1-5-6-10-33-31(45)34-18-11-21(43-14(2)26(18)36)44-20-13-32(41,15(3)35)12-17-23(20)30(40)25-24(28(17)38)27(37)16-8-7-9-19(42-4)22(16)29(25)39/h7-9,14,18,20-21,26,36,38,40-41H,5-6,10-13H2,1-4H3,(H2,33,34,45)/t14-,18-,20-,21-,26+,32-/m0/s1. The highest BCUT2D eigenvalue weighted by molar-refractivity contribution is 7.80. The number of carbonyl (C=O) groups excluding carboxylic acids is 3. The van der Waals surface area contributed by atoms with Gasteiger partial charge in [0.25, 0.3) is 0 Å². The summed E-state index contributed by atoms with van der Waals surface area (Å²) in [7, 11) is 1.34. The van der Waals surface area contributed by atoms with Gasteiger partial charge in [0.2, 0.25) is 5.78 Å². The van der Waals surface area contributed by atoms with Gasteiger partial charge in [0.05, 0.1) is 42.0 Å². The molecule has 0 radical (unpaired) electrons. The third-order valence-corrected chi connectivity index (χ3v) is 9.15. The van der Waals surface area contributed by atoms with Crippen LogP contribution in [0.1, 0.15) is 95.5 Å². The number of ether oxygens (including phenoxy) is 3. The zero-order chi connectivity index (χ0) is 32.8. The van der Waals surface area contributed by atoms with Gasteiger partial charge in [-0.2, -0.15) is 0 Å². The van der Waals surface area contributed by atoms with Crippen molar-refractivity contribution in [3.05, 3.63) is 51.6 Å². The van der Waals surface area contributed by atoms with Crippen molar-refractivity contribution in [1.82, 2.24) is 10.6 Å². The van der Waals surface area contributed by atoms with E-state index in [0.717, 1.165) is 12.8 Å². The number of thiocarbonyl (C=S) groups is 1. The van der Waals surface area contributed by atoms with Crippen LogP contribution < -0.4 is 15.4 Å². The number of phenols is 2. The SMILES string of the molecule is CCCCNC(=S)N[C@H]1C[C@H](O[C@H]2C[C@](O)(C(C)=O)Cc3c(O)c4c(c(O)c32)C(=O)c2c(OC)cccc2C4=O)O[C@@H](C)[C@H]1O. The summed E-state index contributed by atoms with van der Waals surface area (Å²) in [4.78, 5) is 40.2. The monoisotopic (exact) mass is 642 g/mol. The van der Waals surface area contributed by atoms with Crippen molar-refractivity contribution in [2.45, 2.75) is 89.1 Å². The fraction of sp³-hybridized carbons (Fsp3) is 0.500. The summed E-state index contributed by atoms with van der Waals surface area (Å²) < 4.78 is 17.5. The highest BCUT2D eigenvalue weighted by Gasteiger charge is 2.49. The predicted octanol–water partition coefficient (Wildman–Crippen LogP) is 2.33. The number of aliphatic hydroxyl groups excluding tert-OH is 1. The van der Waals surface area contributed by atoms with E-state index >= 15 is 0 Å². The Bertz CT molecular complexity index is 1560. The molecule has 13 heteroatoms. The molecular weight excluding hydrogens is 604 g/mol. The lowest BCUT2D eigenvalue weighted by molar-refractivity contribution is -0.248. The average Bonchev–Trinajstić information content (AvgIpc) is 2.99. The van der Waals surface area contributed by atoms with Crippen molar-refractivity contribution in [1.29, 1.82) is 0 Å². The number of Topliss-reactive ketones (excluding diaryl/α,β-unsaturated/α-hetero) is 1. The van der Waals surface area contributed by atoms with E-state index in [9.17, 15) is 34.8 Å². The van der Waals surface area contributed by atoms with Crippen LogP contribution in [0.15, 0.2) is 18.2 Å². The molecular formula is C32H38N2O10S. The summed E-state index contributed by atoms with van der Waals surface area (Å²) in [5.74, 6) is -3.20. The van der Waals surface area contributed by atoms with E-state index in [-0.39, 0.29) is 40.8 Å². The maximum absolute atomic E-state index is 13.8. The Balaban J connectivity index is 1.54. The molecule has 1 saturated heterocycles. The number of hydrogen-bond acceptors (Lipinski definition) is 11. The summed E-state index contributed by atoms with van der Waals surface area (Å²) in [6.07, 6.45) is -2.75. The first-order valence-electron chi connectivity index (χ1n) is 15.0. The molecule has 0 unspecified atom stereocenters. The predicted molar refractivity (Wildman–Crippen MR) is 165 cm³/mol. The first-order chi connectivity index (χ1) is 21.3. The van der Waals surface area contributed by atoms with Gasteiger partial charge in [0, 0.05) is 42.5 Å². The van der Waals surface area contributed by atoms with Gasteiger partial charge in [-0.05, 0) is 38.6 Å².